The molecule has 0 radical (unpaired) electrons. The molecule has 0 aromatic carbocycles. The van der Waals surface area contributed by atoms with E-state index in [1.54, 1.807) is 0 Å². The number of guanidine groups is 1. The maximum Gasteiger partial charge on any atom is 0.193 e. The Morgan fingerprint density at radius 3 is 2.36 bits per heavy atom. The van der Waals surface area contributed by atoms with E-state index in [-0.39, 0.29) is 0 Å². The Balaban J connectivity index is 1.30. The molecule has 4 aliphatic rings. The lowest BCUT2D eigenvalue weighted by Gasteiger charge is -2.29. The van der Waals surface area contributed by atoms with Gasteiger partial charge in [0.15, 0.2) is 5.96 Å². The van der Waals surface area contributed by atoms with Crippen molar-refractivity contribution in [3.05, 3.63) is 0 Å². The van der Waals surface area contributed by atoms with E-state index in [0.717, 1.165) is 36.8 Å². The Labute approximate surface area is 154 Å². The van der Waals surface area contributed by atoms with Gasteiger partial charge in [0.2, 0.25) is 0 Å². The molecule has 1 unspecified atom stereocenters. The van der Waals surface area contributed by atoms with E-state index < -0.39 is 0 Å². The first kappa shape index (κ1) is 17.6. The Kier molecular flexibility index (Phi) is 5.84. The Bertz CT molecular complexity index is 437. The minimum absolute atomic E-state index is 0.838. The number of rotatable bonds is 7. The molecule has 4 rings (SSSR count). The van der Waals surface area contributed by atoms with E-state index in [1.165, 1.54) is 90.0 Å². The average molecular weight is 347 g/mol. The number of hydrogen-bond donors (Lipinski definition) is 1. The average Bonchev–Trinajstić information content (AvgIpc) is 3.56. The van der Waals surface area contributed by atoms with Crippen LogP contribution in [-0.2, 0) is 0 Å². The molecule has 25 heavy (non-hydrogen) atoms. The monoisotopic (exact) mass is 346 g/mol. The number of nitrogens with one attached hydrogen (secondary N) is 1. The molecule has 0 aromatic rings. The van der Waals surface area contributed by atoms with E-state index in [0.29, 0.717) is 0 Å². The van der Waals surface area contributed by atoms with Crippen molar-refractivity contribution in [1.82, 2.24) is 15.1 Å². The van der Waals surface area contributed by atoms with Crippen LogP contribution in [0.2, 0.25) is 0 Å². The van der Waals surface area contributed by atoms with Crippen LogP contribution in [-0.4, -0.2) is 61.6 Å². The molecule has 0 bridgehead atoms. The molecule has 0 spiro atoms. The van der Waals surface area contributed by atoms with Crippen LogP contribution in [0, 0.1) is 23.7 Å². The van der Waals surface area contributed by atoms with Crippen LogP contribution in [0.5, 0.6) is 0 Å². The first-order chi connectivity index (χ1) is 12.3. The van der Waals surface area contributed by atoms with Gasteiger partial charge in [-0.3, -0.25) is 4.99 Å². The van der Waals surface area contributed by atoms with E-state index >= 15 is 0 Å². The summed E-state index contributed by atoms with van der Waals surface area (Å²) in [5.74, 6) is 4.94. The molecule has 0 amide bonds. The van der Waals surface area contributed by atoms with Gasteiger partial charge in [-0.2, -0.15) is 0 Å². The number of aliphatic imine (C=N–C) groups is 1. The standard InChI is InChI=1S/C21H38N4/c1-2-22-21(23-14-20(18-6-7-18)19-8-9-19)25-13-10-17(16-25)15-24-11-4-3-5-12-24/h17-20H,2-16H2,1H3,(H,22,23). The van der Waals surface area contributed by atoms with Crippen molar-refractivity contribution in [2.24, 2.45) is 28.7 Å². The summed E-state index contributed by atoms with van der Waals surface area (Å²) in [5, 5.41) is 3.59. The Morgan fingerprint density at radius 2 is 1.72 bits per heavy atom. The lowest BCUT2D eigenvalue weighted by molar-refractivity contribution is 0.198. The maximum atomic E-state index is 5.12. The second-order valence-corrected chi connectivity index (χ2v) is 9.00. The second kappa shape index (κ2) is 8.28. The first-order valence-corrected chi connectivity index (χ1v) is 11.1. The highest BCUT2D eigenvalue weighted by Crippen LogP contribution is 2.49. The van der Waals surface area contributed by atoms with Gasteiger partial charge in [-0.15, -0.1) is 0 Å². The van der Waals surface area contributed by atoms with Gasteiger partial charge < -0.3 is 15.1 Å². The molecule has 0 aromatic heterocycles. The van der Waals surface area contributed by atoms with Gasteiger partial charge in [-0.05, 0) is 88.6 Å². The zero-order chi connectivity index (χ0) is 17.1. The van der Waals surface area contributed by atoms with Crippen LogP contribution >= 0.6 is 0 Å². The number of nitrogens with zero attached hydrogens (tertiary/aromatic N) is 3. The van der Waals surface area contributed by atoms with Crippen LogP contribution in [0.1, 0.15) is 58.3 Å². The molecule has 4 fully saturated rings. The smallest absolute Gasteiger partial charge is 0.193 e. The van der Waals surface area contributed by atoms with Crippen molar-refractivity contribution in [1.29, 1.82) is 0 Å². The predicted octanol–water partition coefficient (Wildman–Crippen LogP) is 3.20. The molecule has 2 saturated carbocycles. The summed E-state index contributed by atoms with van der Waals surface area (Å²) in [6.45, 7) is 10.6. The summed E-state index contributed by atoms with van der Waals surface area (Å²) in [5.41, 5.74) is 0. The van der Waals surface area contributed by atoms with Crippen LogP contribution in [0.15, 0.2) is 4.99 Å². The number of piperidine rings is 1. The van der Waals surface area contributed by atoms with Gasteiger partial charge >= 0.3 is 0 Å². The lowest BCUT2D eigenvalue weighted by Crippen LogP contribution is -2.41. The van der Waals surface area contributed by atoms with E-state index in [1.807, 2.05) is 0 Å². The summed E-state index contributed by atoms with van der Waals surface area (Å²) >= 11 is 0. The SMILES string of the molecule is CCNC(=NCC(C1CC1)C1CC1)N1CCC(CN2CCCCC2)C1. The fourth-order valence-corrected chi connectivity index (χ4v) is 5.03. The zero-order valence-electron chi connectivity index (χ0n) is 16.3. The molecule has 4 heteroatoms. The van der Waals surface area contributed by atoms with Gasteiger partial charge in [0.25, 0.3) is 0 Å². The third-order valence-corrected chi connectivity index (χ3v) is 6.79. The van der Waals surface area contributed by atoms with Gasteiger partial charge in [-0.1, -0.05) is 6.42 Å². The Hall–Kier alpha value is -0.770. The molecule has 4 nitrogen and oxygen atoms in total. The van der Waals surface area contributed by atoms with Crippen molar-refractivity contribution >= 4 is 5.96 Å². The molecule has 2 aliphatic carbocycles. The molecule has 2 heterocycles. The molecule has 1 N–H and O–H groups in total. The van der Waals surface area contributed by atoms with Gasteiger partial charge in [0, 0.05) is 32.7 Å². The van der Waals surface area contributed by atoms with Gasteiger partial charge in [0.05, 0.1) is 0 Å². The third-order valence-electron chi connectivity index (χ3n) is 6.79. The summed E-state index contributed by atoms with van der Waals surface area (Å²) in [6.07, 6.45) is 11.5. The molecular formula is C21H38N4. The topological polar surface area (TPSA) is 30.9 Å². The van der Waals surface area contributed by atoms with Crippen LogP contribution in [0.3, 0.4) is 0 Å². The predicted molar refractivity (Wildman–Crippen MR) is 105 cm³/mol. The van der Waals surface area contributed by atoms with E-state index in [2.05, 4.69) is 22.0 Å². The van der Waals surface area contributed by atoms with E-state index in [4.69, 9.17) is 4.99 Å². The highest BCUT2D eigenvalue weighted by molar-refractivity contribution is 5.80. The fourth-order valence-electron chi connectivity index (χ4n) is 5.03. The third kappa shape index (κ3) is 4.90. The van der Waals surface area contributed by atoms with Gasteiger partial charge in [0.1, 0.15) is 0 Å². The van der Waals surface area contributed by atoms with Crippen molar-refractivity contribution in [3.63, 3.8) is 0 Å². The normalized spacial score (nSPS) is 28.8. The summed E-state index contributed by atoms with van der Waals surface area (Å²) in [4.78, 5) is 10.4. The van der Waals surface area contributed by atoms with Crippen molar-refractivity contribution < 1.29 is 0 Å². The van der Waals surface area contributed by atoms with Gasteiger partial charge in [-0.25, -0.2) is 0 Å². The molecule has 1 atom stereocenters. The molecular weight excluding hydrogens is 308 g/mol. The van der Waals surface area contributed by atoms with Crippen molar-refractivity contribution in [2.75, 3.05) is 45.8 Å². The summed E-state index contributed by atoms with van der Waals surface area (Å²) in [7, 11) is 0. The number of likely N-dealkylation sites (tertiary alicyclic amines) is 2. The lowest BCUT2D eigenvalue weighted by atomic mass is 9.98. The highest BCUT2D eigenvalue weighted by atomic mass is 15.3. The second-order valence-electron chi connectivity index (χ2n) is 9.00. The van der Waals surface area contributed by atoms with E-state index in [9.17, 15) is 0 Å². The minimum atomic E-state index is 0.838. The van der Waals surface area contributed by atoms with Crippen LogP contribution in [0.4, 0.5) is 0 Å². The van der Waals surface area contributed by atoms with Crippen molar-refractivity contribution in [3.8, 4) is 0 Å². The minimum Gasteiger partial charge on any atom is -0.357 e. The number of hydrogen-bond acceptors (Lipinski definition) is 2. The zero-order valence-corrected chi connectivity index (χ0v) is 16.3. The maximum absolute atomic E-state index is 5.12. The Morgan fingerprint density at radius 1 is 1.00 bits per heavy atom. The molecule has 2 saturated heterocycles. The molecule has 2 aliphatic heterocycles. The quantitative estimate of drug-likeness (QED) is 0.567. The fraction of sp³-hybridized carbons (Fsp3) is 0.952. The largest absolute Gasteiger partial charge is 0.357 e. The highest BCUT2D eigenvalue weighted by Gasteiger charge is 2.41. The summed E-state index contributed by atoms with van der Waals surface area (Å²) < 4.78 is 0. The van der Waals surface area contributed by atoms with Crippen molar-refractivity contribution in [2.45, 2.75) is 58.3 Å². The van der Waals surface area contributed by atoms with Crippen LogP contribution in [0.25, 0.3) is 0 Å². The molecule has 142 valence electrons. The summed E-state index contributed by atoms with van der Waals surface area (Å²) in [6, 6.07) is 0. The first-order valence-electron chi connectivity index (χ1n) is 11.1. The van der Waals surface area contributed by atoms with Crippen LogP contribution < -0.4 is 5.32 Å².